The lowest BCUT2D eigenvalue weighted by Crippen LogP contribution is -2.31. The van der Waals surface area contributed by atoms with Gasteiger partial charge >= 0.3 is 0 Å². The van der Waals surface area contributed by atoms with Crippen LogP contribution in [-0.4, -0.2) is 5.11 Å². The molecule has 2 N–H and O–H groups in total. The maximum absolute atomic E-state index is 13.3. The molecule has 1 atom stereocenters. The normalized spacial score (nSPS) is 11.8. The van der Waals surface area contributed by atoms with Gasteiger partial charge in [0.1, 0.15) is 0 Å². The Balaban J connectivity index is 2.00. The second-order valence-corrected chi connectivity index (χ2v) is 5.46. The van der Waals surface area contributed by atoms with E-state index < -0.39 is 11.6 Å². The van der Waals surface area contributed by atoms with Crippen LogP contribution in [0.3, 0.4) is 0 Å². The van der Waals surface area contributed by atoms with Crippen LogP contribution in [0.2, 0.25) is 0 Å². The Morgan fingerprint density at radius 2 is 1.91 bits per heavy atom. The fourth-order valence-corrected chi connectivity index (χ4v) is 2.39. The van der Waals surface area contributed by atoms with E-state index in [1.165, 1.54) is 17.7 Å². The SMILES string of the molecule is CCc1cccc(NC(=S)N[C@H](C)c2ccc(F)c(F)c2)c1. The molecule has 2 aromatic rings. The monoisotopic (exact) mass is 320 g/mol. The molecule has 2 nitrogen and oxygen atoms in total. The summed E-state index contributed by atoms with van der Waals surface area (Å²) >= 11 is 5.26. The van der Waals surface area contributed by atoms with Crippen molar-refractivity contribution >= 4 is 23.0 Å². The second-order valence-electron chi connectivity index (χ2n) is 5.05. The van der Waals surface area contributed by atoms with Crippen LogP contribution in [-0.2, 0) is 6.42 Å². The summed E-state index contributed by atoms with van der Waals surface area (Å²) in [6.07, 6.45) is 0.945. The van der Waals surface area contributed by atoms with E-state index in [4.69, 9.17) is 12.2 Å². The maximum atomic E-state index is 13.3. The van der Waals surface area contributed by atoms with Crippen LogP contribution in [0.1, 0.15) is 31.0 Å². The van der Waals surface area contributed by atoms with Crippen molar-refractivity contribution in [2.45, 2.75) is 26.3 Å². The molecular formula is C17H18F2N2S. The molecule has 0 saturated carbocycles. The van der Waals surface area contributed by atoms with Crippen molar-refractivity contribution in [2.24, 2.45) is 0 Å². The first-order valence-corrected chi connectivity index (χ1v) is 7.52. The Hall–Kier alpha value is -2.01. The molecule has 0 aliphatic carbocycles. The van der Waals surface area contributed by atoms with Gasteiger partial charge in [-0.05, 0) is 61.0 Å². The molecule has 0 amide bonds. The molecule has 0 radical (unpaired) electrons. The lowest BCUT2D eigenvalue weighted by atomic mass is 10.1. The van der Waals surface area contributed by atoms with Gasteiger partial charge in [-0.1, -0.05) is 25.1 Å². The molecule has 0 aliphatic rings. The highest BCUT2D eigenvalue weighted by Gasteiger charge is 2.10. The van der Waals surface area contributed by atoms with Gasteiger partial charge in [0.25, 0.3) is 0 Å². The zero-order valence-corrected chi connectivity index (χ0v) is 13.3. The highest BCUT2D eigenvalue weighted by molar-refractivity contribution is 7.80. The number of benzene rings is 2. The summed E-state index contributed by atoms with van der Waals surface area (Å²) in [5, 5.41) is 6.59. The molecule has 5 heteroatoms. The third-order valence-corrected chi connectivity index (χ3v) is 3.60. The first-order chi connectivity index (χ1) is 10.5. The number of rotatable bonds is 4. The predicted molar refractivity (Wildman–Crippen MR) is 89.9 cm³/mol. The molecule has 22 heavy (non-hydrogen) atoms. The van der Waals surface area contributed by atoms with E-state index in [-0.39, 0.29) is 6.04 Å². The number of anilines is 1. The highest BCUT2D eigenvalue weighted by Crippen LogP contribution is 2.17. The fourth-order valence-electron chi connectivity index (χ4n) is 2.10. The van der Waals surface area contributed by atoms with Gasteiger partial charge in [-0.15, -0.1) is 0 Å². The highest BCUT2D eigenvalue weighted by atomic mass is 32.1. The Labute approximate surface area is 134 Å². The van der Waals surface area contributed by atoms with Crippen molar-refractivity contribution in [3.05, 3.63) is 65.2 Å². The lowest BCUT2D eigenvalue weighted by Gasteiger charge is -2.18. The van der Waals surface area contributed by atoms with Gasteiger partial charge in [-0.2, -0.15) is 0 Å². The number of nitrogens with one attached hydrogen (secondary N) is 2. The van der Waals surface area contributed by atoms with Crippen molar-refractivity contribution < 1.29 is 8.78 Å². The van der Waals surface area contributed by atoms with E-state index in [2.05, 4.69) is 17.6 Å². The number of hydrogen-bond donors (Lipinski definition) is 2. The largest absolute Gasteiger partial charge is 0.356 e. The topological polar surface area (TPSA) is 24.1 Å². The zero-order valence-electron chi connectivity index (χ0n) is 12.5. The van der Waals surface area contributed by atoms with Crippen molar-refractivity contribution in [1.82, 2.24) is 5.32 Å². The Morgan fingerprint density at radius 1 is 1.14 bits per heavy atom. The number of thiocarbonyl (C=S) groups is 1. The molecule has 0 saturated heterocycles. The van der Waals surface area contributed by atoms with Crippen molar-refractivity contribution in [3.63, 3.8) is 0 Å². The molecule has 0 bridgehead atoms. The number of halogens is 2. The summed E-state index contributed by atoms with van der Waals surface area (Å²) in [5.74, 6) is -1.71. The average molecular weight is 320 g/mol. The molecule has 0 unspecified atom stereocenters. The van der Waals surface area contributed by atoms with Crippen molar-refractivity contribution in [1.29, 1.82) is 0 Å². The Bertz CT molecular complexity index is 673. The van der Waals surface area contributed by atoms with Crippen LogP contribution in [0, 0.1) is 11.6 Å². The van der Waals surface area contributed by atoms with Gasteiger partial charge in [0.2, 0.25) is 0 Å². The summed E-state index contributed by atoms with van der Waals surface area (Å²) in [5.41, 5.74) is 2.74. The summed E-state index contributed by atoms with van der Waals surface area (Å²) in [7, 11) is 0. The molecule has 0 spiro atoms. The molecule has 2 rings (SSSR count). The van der Waals surface area contributed by atoms with Crippen LogP contribution in [0.25, 0.3) is 0 Å². The van der Waals surface area contributed by atoms with Gasteiger partial charge in [-0.3, -0.25) is 0 Å². The smallest absolute Gasteiger partial charge is 0.171 e. The number of hydrogen-bond acceptors (Lipinski definition) is 1. The molecule has 0 aromatic heterocycles. The van der Waals surface area contributed by atoms with Gasteiger partial charge in [0.15, 0.2) is 16.7 Å². The van der Waals surface area contributed by atoms with E-state index in [0.29, 0.717) is 10.7 Å². The molecule has 0 aliphatic heterocycles. The Kier molecular flexibility index (Phi) is 5.44. The molecular weight excluding hydrogens is 302 g/mol. The first-order valence-electron chi connectivity index (χ1n) is 7.11. The standard InChI is InChI=1S/C17H18F2N2S/c1-3-12-5-4-6-14(9-12)21-17(22)20-11(2)13-7-8-15(18)16(19)10-13/h4-11H,3H2,1-2H3,(H2,20,21,22)/t11-/m1/s1. The zero-order chi connectivity index (χ0) is 16.1. The predicted octanol–water partition coefficient (Wildman–Crippen LogP) is 4.57. The van der Waals surface area contributed by atoms with Crippen molar-refractivity contribution in [2.75, 3.05) is 5.32 Å². The van der Waals surface area contributed by atoms with Crippen molar-refractivity contribution in [3.8, 4) is 0 Å². The van der Waals surface area contributed by atoms with Crippen LogP contribution >= 0.6 is 12.2 Å². The average Bonchev–Trinajstić information content (AvgIpc) is 2.50. The maximum Gasteiger partial charge on any atom is 0.171 e. The second kappa shape index (κ2) is 7.31. The summed E-state index contributed by atoms with van der Waals surface area (Å²) in [6, 6.07) is 11.6. The van der Waals surface area contributed by atoms with Crippen LogP contribution in [0.4, 0.5) is 14.5 Å². The van der Waals surface area contributed by atoms with Gasteiger partial charge in [0, 0.05) is 5.69 Å². The minimum Gasteiger partial charge on any atom is -0.356 e. The Morgan fingerprint density at radius 3 is 2.59 bits per heavy atom. The molecule has 116 valence electrons. The minimum atomic E-state index is -0.860. The van der Waals surface area contributed by atoms with Gasteiger partial charge in [-0.25, -0.2) is 8.78 Å². The lowest BCUT2D eigenvalue weighted by molar-refractivity contribution is 0.505. The van der Waals surface area contributed by atoms with Gasteiger partial charge < -0.3 is 10.6 Å². The third-order valence-electron chi connectivity index (χ3n) is 3.38. The van der Waals surface area contributed by atoms with E-state index in [1.54, 1.807) is 0 Å². The quantitative estimate of drug-likeness (QED) is 0.807. The van der Waals surface area contributed by atoms with E-state index in [0.717, 1.165) is 18.2 Å². The van der Waals surface area contributed by atoms with E-state index >= 15 is 0 Å². The minimum absolute atomic E-state index is 0.232. The molecule has 0 heterocycles. The third kappa shape index (κ3) is 4.24. The fraction of sp³-hybridized carbons (Fsp3) is 0.235. The van der Waals surface area contributed by atoms with Crippen LogP contribution in [0.5, 0.6) is 0 Å². The summed E-state index contributed by atoms with van der Waals surface area (Å²) in [4.78, 5) is 0. The van der Waals surface area contributed by atoms with Crippen LogP contribution in [0.15, 0.2) is 42.5 Å². The summed E-state index contributed by atoms with van der Waals surface area (Å²) in [6.45, 7) is 3.92. The summed E-state index contributed by atoms with van der Waals surface area (Å²) < 4.78 is 26.2. The number of aryl methyl sites for hydroxylation is 1. The van der Waals surface area contributed by atoms with Crippen LogP contribution < -0.4 is 10.6 Å². The van der Waals surface area contributed by atoms with E-state index in [1.807, 2.05) is 31.2 Å². The van der Waals surface area contributed by atoms with Gasteiger partial charge in [0.05, 0.1) is 6.04 Å². The molecule has 2 aromatic carbocycles. The van der Waals surface area contributed by atoms with E-state index in [9.17, 15) is 8.78 Å². The molecule has 0 fully saturated rings. The first kappa shape index (κ1) is 16.4.